The molecular weight excluding hydrogens is 271 g/mol. The maximum absolute atomic E-state index is 11.2. The fourth-order valence-corrected chi connectivity index (χ4v) is 2.32. The van der Waals surface area contributed by atoms with Crippen LogP contribution in [0, 0.1) is 0 Å². The van der Waals surface area contributed by atoms with Gasteiger partial charge in [-0.25, -0.2) is 0 Å². The minimum Gasteiger partial charge on any atom is -0.481 e. The number of hydrogen-bond donors (Lipinski definition) is 2. The first-order valence-corrected chi connectivity index (χ1v) is 6.91. The molecule has 0 aliphatic carbocycles. The summed E-state index contributed by atoms with van der Waals surface area (Å²) in [6, 6.07) is 1.65. The van der Waals surface area contributed by atoms with Crippen LogP contribution in [-0.2, 0) is 14.1 Å². The fraction of sp³-hybridized carbons (Fsp3) is 0.571. The molecule has 1 saturated heterocycles. The number of carbonyl (C=O) groups is 1. The molecule has 2 heterocycles. The van der Waals surface area contributed by atoms with Gasteiger partial charge in [0, 0.05) is 23.9 Å². The molecule has 2 rings (SSSR count). The maximum atomic E-state index is 11.2. The van der Waals surface area contributed by atoms with Crippen LogP contribution in [0.3, 0.4) is 0 Å². The summed E-state index contributed by atoms with van der Waals surface area (Å²) in [5.41, 5.74) is 6.04. The summed E-state index contributed by atoms with van der Waals surface area (Å²) in [4.78, 5) is 15.2. The van der Waals surface area contributed by atoms with Gasteiger partial charge < -0.3 is 20.1 Å². The number of pyridine rings is 1. The highest BCUT2D eigenvalue weighted by atomic mass is 16.7. The molecule has 0 aromatic carbocycles. The van der Waals surface area contributed by atoms with E-state index in [0.717, 1.165) is 0 Å². The Bertz CT molecular complexity index is 532. The Morgan fingerprint density at radius 2 is 1.95 bits per heavy atom. The van der Waals surface area contributed by atoms with E-state index in [1.807, 2.05) is 27.7 Å². The molecule has 1 aromatic rings. The first kappa shape index (κ1) is 15.8. The molecule has 1 aromatic heterocycles. The third-order valence-electron chi connectivity index (χ3n) is 4.28. The zero-order valence-corrected chi connectivity index (χ0v) is 12.8. The van der Waals surface area contributed by atoms with E-state index in [0.29, 0.717) is 11.3 Å². The molecule has 7 heteroatoms. The van der Waals surface area contributed by atoms with Crippen LogP contribution in [0.1, 0.15) is 45.5 Å². The van der Waals surface area contributed by atoms with Crippen LogP contribution >= 0.6 is 0 Å². The van der Waals surface area contributed by atoms with Gasteiger partial charge in [0.15, 0.2) is 0 Å². The second-order valence-electron chi connectivity index (χ2n) is 6.33. The highest BCUT2D eigenvalue weighted by Gasteiger charge is 2.54. The van der Waals surface area contributed by atoms with Crippen LogP contribution in [0.15, 0.2) is 18.5 Å². The zero-order chi connectivity index (χ0) is 15.8. The number of nitrogens with two attached hydrogens (primary N) is 1. The van der Waals surface area contributed by atoms with E-state index in [4.69, 9.17) is 15.0 Å². The molecule has 0 spiro atoms. The van der Waals surface area contributed by atoms with Gasteiger partial charge in [0.05, 0.1) is 17.6 Å². The SMILES string of the molecule is CC1(C)OB(C(CC(=O)O)c2cnccc2N)OC1(C)C. The van der Waals surface area contributed by atoms with E-state index in [9.17, 15) is 9.90 Å². The number of aromatic nitrogens is 1. The van der Waals surface area contributed by atoms with Gasteiger partial charge in [-0.3, -0.25) is 9.78 Å². The molecule has 0 radical (unpaired) electrons. The predicted molar refractivity (Wildman–Crippen MR) is 79.7 cm³/mol. The lowest BCUT2D eigenvalue weighted by molar-refractivity contribution is -0.137. The van der Waals surface area contributed by atoms with Crippen molar-refractivity contribution in [1.29, 1.82) is 0 Å². The lowest BCUT2D eigenvalue weighted by Gasteiger charge is -2.32. The Balaban J connectivity index is 2.35. The van der Waals surface area contributed by atoms with Crippen LogP contribution in [0.2, 0.25) is 0 Å². The second-order valence-corrected chi connectivity index (χ2v) is 6.33. The van der Waals surface area contributed by atoms with Crippen molar-refractivity contribution < 1.29 is 19.2 Å². The van der Waals surface area contributed by atoms with E-state index < -0.39 is 30.1 Å². The standard InChI is InChI=1S/C14H21BN2O4/c1-13(2)14(3,4)21-15(20-13)10(7-12(18)19)9-8-17-6-5-11(9)16/h5-6,8,10H,7H2,1-4H3,(H2,16,17)(H,18,19). The maximum Gasteiger partial charge on any atom is 0.466 e. The van der Waals surface area contributed by atoms with Gasteiger partial charge in [0.1, 0.15) is 0 Å². The molecule has 21 heavy (non-hydrogen) atoms. The van der Waals surface area contributed by atoms with Crippen molar-refractivity contribution in [3.63, 3.8) is 0 Å². The molecule has 1 atom stereocenters. The monoisotopic (exact) mass is 292 g/mol. The summed E-state index contributed by atoms with van der Waals surface area (Å²) in [7, 11) is -0.669. The van der Waals surface area contributed by atoms with Gasteiger partial charge in [-0.2, -0.15) is 0 Å². The van der Waals surface area contributed by atoms with E-state index in [1.165, 1.54) is 0 Å². The van der Waals surface area contributed by atoms with E-state index in [2.05, 4.69) is 4.98 Å². The number of carboxylic acids is 1. The summed E-state index contributed by atoms with van der Waals surface area (Å²) in [5, 5.41) is 9.18. The van der Waals surface area contributed by atoms with Gasteiger partial charge in [0.25, 0.3) is 0 Å². The Morgan fingerprint density at radius 1 is 1.38 bits per heavy atom. The first-order valence-electron chi connectivity index (χ1n) is 6.91. The van der Waals surface area contributed by atoms with Crippen LogP contribution in [0.4, 0.5) is 5.69 Å². The van der Waals surface area contributed by atoms with Crippen molar-refractivity contribution in [2.75, 3.05) is 5.73 Å². The Hall–Kier alpha value is -1.60. The quantitative estimate of drug-likeness (QED) is 0.822. The van der Waals surface area contributed by atoms with Gasteiger partial charge in [-0.05, 0) is 39.3 Å². The van der Waals surface area contributed by atoms with Crippen molar-refractivity contribution in [2.45, 2.75) is 51.1 Å². The lowest BCUT2D eigenvalue weighted by atomic mass is 9.66. The van der Waals surface area contributed by atoms with Crippen molar-refractivity contribution in [2.24, 2.45) is 0 Å². The normalized spacial score (nSPS) is 21.2. The third-order valence-corrected chi connectivity index (χ3v) is 4.28. The van der Waals surface area contributed by atoms with Crippen LogP contribution in [0.5, 0.6) is 0 Å². The summed E-state index contributed by atoms with van der Waals surface area (Å²) in [6.45, 7) is 7.71. The smallest absolute Gasteiger partial charge is 0.466 e. The zero-order valence-electron chi connectivity index (χ0n) is 12.8. The lowest BCUT2D eigenvalue weighted by Crippen LogP contribution is -2.41. The average Bonchev–Trinajstić information content (AvgIpc) is 2.56. The third kappa shape index (κ3) is 3.03. The number of rotatable bonds is 4. The van der Waals surface area contributed by atoms with Crippen LogP contribution < -0.4 is 5.73 Å². The number of nitrogen functional groups attached to an aromatic ring is 1. The second kappa shape index (κ2) is 5.31. The highest BCUT2D eigenvalue weighted by Crippen LogP contribution is 2.42. The Labute approximate surface area is 124 Å². The molecule has 1 aliphatic rings. The molecule has 3 N–H and O–H groups in total. The molecule has 0 bridgehead atoms. The Morgan fingerprint density at radius 3 is 2.43 bits per heavy atom. The minimum absolute atomic E-state index is 0.132. The minimum atomic E-state index is -0.932. The first-order chi connectivity index (χ1) is 9.64. The molecular formula is C14H21BN2O4. The Kier molecular flexibility index (Phi) is 3.99. The van der Waals surface area contributed by atoms with Gasteiger partial charge in [-0.1, -0.05) is 0 Å². The molecule has 1 aliphatic heterocycles. The van der Waals surface area contributed by atoms with Crippen molar-refractivity contribution in [1.82, 2.24) is 4.98 Å². The number of aliphatic carboxylic acids is 1. The predicted octanol–water partition coefficient (Wildman–Crippen LogP) is 1.85. The summed E-state index contributed by atoms with van der Waals surface area (Å²) < 4.78 is 11.9. The van der Waals surface area contributed by atoms with Gasteiger partial charge >= 0.3 is 13.1 Å². The van der Waals surface area contributed by atoms with Crippen LogP contribution in [0.25, 0.3) is 0 Å². The van der Waals surface area contributed by atoms with Crippen LogP contribution in [-0.4, -0.2) is 34.4 Å². The van der Waals surface area contributed by atoms with E-state index in [-0.39, 0.29) is 6.42 Å². The molecule has 1 fully saturated rings. The summed E-state index contributed by atoms with van der Waals surface area (Å²) >= 11 is 0. The molecule has 114 valence electrons. The number of carboxylic acid groups (broad SMARTS) is 1. The number of nitrogens with zero attached hydrogens (tertiary/aromatic N) is 1. The van der Waals surface area contributed by atoms with E-state index >= 15 is 0 Å². The van der Waals surface area contributed by atoms with Crippen molar-refractivity contribution in [3.05, 3.63) is 24.0 Å². The molecule has 0 amide bonds. The van der Waals surface area contributed by atoms with Gasteiger partial charge in [0.2, 0.25) is 0 Å². The molecule has 1 unspecified atom stereocenters. The number of hydrogen-bond acceptors (Lipinski definition) is 5. The topological polar surface area (TPSA) is 94.7 Å². The summed E-state index contributed by atoms with van der Waals surface area (Å²) in [5.74, 6) is -1.43. The van der Waals surface area contributed by atoms with Gasteiger partial charge in [-0.15, -0.1) is 0 Å². The van der Waals surface area contributed by atoms with Crippen molar-refractivity contribution >= 4 is 18.8 Å². The average molecular weight is 292 g/mol. The largest absolute Gasteiger partial charge is 0.481 e. The molecule has 6 nitrogen and oxygen atoms in total. The highest BCUT2D eigenvalue weighted by molar-refractivity contribution is 6.48. The van der Waals surface area contributed by atoms with E-state index in [1.54, 1.807) is 18.5 Å². The summed E-state index contributed by atoms with van der Waals surface area (Å²) in [6.07, 6.45) is 3.02. The molecule has 0 saturated carbocycles. The fourth-order valence-electron chi connectivity index (χ4n) is 2.32. The number of anilines is 1. The van der Waals surface area contributed by atoms with Crippen molar-refractivity contribution in [3.8, 4) is 0 Å².